The lowest BCUT2D eigenvalue weighted by atomic mass is 10.0. The smallest absolute Gasteiger partial charge is 0.271 e. The van der Waals surface area contributed by atoms with Crippen LogP contribution >= 0.6 is 0 Å². The van der Waals surface area contributed by atoms with Crippen LogP contribution < -0.4 is 10.1 Å². The summed E-state index contributed by atoms with van der Waals surface area (Å²) in [6.45, 7) is 1.02. The second kappa shape index (κ2) is 11.6. The van der Waals surface area contributed by atoms with E-state index in [-0.39, 0.29) is 24.0 Å². The molecule has 1 aliphatic heterocycles. The van der Waals surface area contributed by atoms with Crippen molar-refractivity contribution >= 4 is 11.8 Å². The Balaban J connectivity index is 1.49. The number of hydrogen-bond acceptors (Lipinski definition) is 4. The van der Waals surface area contributed by atoms with Crippen molar-refractivity contribution in [1.29, 1.82) is 0 Å². The Morgan fingerprint density at radius 1 is 1.00 bits per heavy atom. The van der Waals surface area contributed by atoms with Gasteiger partial charge in [0.15, 0.2) is 0 Å². The lowest BCUT2D eigenvalue weighted by molar-refractivity contribution is -0.127. The molecule has 194 valence electrons. The third-order valence-electron chi connectivity index (χ3n) is 7.38. The Hall–Kier alpha value is -3.58. The first-order valence-corrected chi connectivity index (χ1v) is 13.2. The molecule has 1 saturated carbocycles. The van der Waals surface area contributed by atoms with Crippen LogP contribution in [0.15, 0.2) is 66.7 Å². The van der Waals surface area contributed by atoms with Crippen LogP contribution in [0.5, 0.6) is 5.75 Å². The van der Waals surface area contributed by atoms with E-state index >= 15 is 0 Å². The molecule has 2 aromatic carbocycles. The van der Waals surface area contributed by atoms with Gasteiger partial charge in [0.25, 0.3) is 5.91 Å². The zero-order valence-corrected chi connectivity index (χ0v) is 21.3. The molecule has 5 rings (SSSR count). The highest BCUT2D eigenvalue weighted by atomic mass is 16.5. The van der Waals surface area contributed by atoms with Crippen molar-refractivity contribution in [2.75, 3.05) is 20.3 Å². The van der Waals surface area contributed by atoms with E-state index in [2.05, 4.69) is 10.3 Å². The fourth-order valence-electron chi connectivity index (χ4n) is 5.38. The van der Waals surface area contributed by atoms with Crippen molar-refractivity contribution in [3.8, 4) is 17.0 Å². The molecule has 3 aromatic rings. The molecular formula is C30H35N3O4. The third-order valence-corrected chi connectivity index (χ3v) is 7.38. The lowest BCUT2D eigenvalue weighted by Crippen LogP contribution is -2.48. The Kier molecular flexibility index (Phi) is 7.90. The highest BCUT2D eigenvalue weighted by molar-refractivity contribution is 5.97. The lowest BCUT2D eigenvalue weighted by Gasteiger charge is -2.33. The molecule has 7 heteroatoms. The van der Waals surface area contributed by atoms with Gasteiger partial charge < -0.3 is 24.7 Å². The van der Waals surface area contributed by atoms with Gasteiger partial charge in [-0.2, -0.15) is 0 Å². The predicted molar refractivity (Wildman–Crippen MR) is 142 cm³/mol. The van der Waals surface area contributed by atoms with E-state index in [1.807, 2.05) is 60.7 Å². The van der Waals surface area contributed by atoms with Crippen molar-refractivity contribution in [2.45, 2.75) is 56.7 Å². The van der Waals surface area contributed by atoms with Crippen LogP contribution in [0.3, 0.4) is 0 Å². The van der Waals surface area contributed by atoms with Gasteiger partial charge in [0.05, 0.1) is 13.2 Å². The molecule has 2 aliphatic rings. The third kappa shape index (κ3) is 5.88. The number of rotatable bonds is 9. The molecule has 1 aromatic heterocycles. The maximum atomic E-state index is 14.1. The van der Waals surface area contributed by atoms with Gasteiger partial charge in [-0.05, 0) is 61.1 Å². The number of aromatic nitrogens is 1. The summed E-state index contributed by atoms with van der Waals surface area (Å²) in [4.78, 5) is 32.9. The molecule has 2 amide bonds. The minimum atomic E-state index is -0.785. The molecule has 0 radical (unpaired) electrons. The Morgan fingerprint density at radius 3 is 2.43 bits per heavy atom. The maximum Gasteiger partial charge on any atom is 0.271 e. The normalized spacial score (nSPS) is 18.5. The summed E-state index contributed by atoms with van der Waals surface area (Å²) in [5, 5.41) is 3.23. The summed E-state index contributed by atoms with van der Waals surface area (Å²) in [7, 11) is 1.61. The van der Waals surface area contributed by atoms with Gasteiger partial charge in [-0.3, -0.25) is 9.59 Å². The monoisotopic (exact) mass is 501 g/mol. The Morgan fingerprint density at radius 2 is 1.76 bits per heavy atom. The Bertz CT molecular complexity index is 1180. The number of H-pyrrole nitrogens is 1. The van der Waals surface area contributed by atoms with Crippen molar-refractivity contribution in [3.63, 3.8) is 0 Å². The molecule has 2 fully saturated rings. The summed E-state index contributed by atoms with van der Waals surface area (Å²) in [6, 6.07) is 20.4. The first kappa shape index (κ1) is 25.1. The van der Waals surface area contributed by atoms with Gasteiger partial charge in [-0.15, -0.1) is 0 Å². The average Bonchev–Trinajstić information content (AvgIpc) is 3.72. The van der Waals surface area contributed by atoms with Gasteiger partial charge in [0.2, 0.25) is 5.91 Å². The fourth-order valence-corrected chi connectivity index (χ4v) is 5.38. The van der Waals surface area contributed by atoms with Gasteiger partial charge >= 0.3 is 0 Å². The summed E-state index contributed by atoms with van der Waals surface area (Å²) in [5.74, 6) is 0.325. The Labute approximate surface area is 218 Å². The molecule has 0 unspecified atom stereocenters. The van der Waals surface area contributed by atoms with Gasteiger partial charge in [0.1, 0.15) is 17.5 Å². The van der Waals surface area contributed by atoms with Crippen LogP contribution in [0.4, 0.5) is 0 Å². The molecule has 2 atom stereocenters. The van der Waals surface area contributed by atoms with Gasteiger partial charge in [-0.25, -0.2) is 0 Å². The van der Waals surface area contributed by atoms with E-state index in [0.29, 0.717) is 24.6 Å². The van der Waals surface area contributed by atoms with E-state index in [1.165, 1.54) is 0 Å². The zero-order valence-electron chi connectivity index (χ0n) is 21.3. The van der Waals surface area contributed by atoms with Crippen LogP contribution in [0.2, 0.25) is 0 Å². The molecule has 1 saturated heterocycles. The highest BCUT2D eigenvalue weighted by Gasteiger charge is 2.36. The number of aromatic amines is 1. The molecule has 0 bridgehead atoms. The van der Waals surface area contributed by atoms with E-state index in [4.69, 9.17) is 9.47 Å². The second-order valence-electron chi connectivity index (χ2n) is 9.91. The molecule has 2 N–H and O–H groups in total. The number of methoxy groups -OCH3 is 1. The number of hydrogen-bond donors (Lipinski definition) is 2. The first-order chi connectivity index (χ1) is 18.1. The van der Waals surface area contributed by atoms with Crippen LogP contribution in [-0.4, -0.2) is 54.1 Å². The summed E-state index contributed by atoms with van der Waals surface area (Å²) in [6.07, 6.45) is 5.88. The SMILES string of the molecule is COc1ccc([C@@H](C(=O)NC2CCCC2)N(C[C@@H]2CCCO2)C(=O)c2ccc(-c3ccccc3)[nH]2)cc1. The van der Waals surface area contributed by atoms with Crippen LogP contribution in [-0.2, 0) is 9.53 Å². The fraction of sp³-hybridized carbons (Fsp3) is 0.400. The second-order valence-corrected chi connectivity index (χ2v) is 9.91. The maximum absolute atomic E-state index is 14.1. The largest absolute Gasteiger partial charge is 0.497 e. The van der Waals surface area contributed by atoms with Crippen LogP contribution in [0.1, 0.15) is 60.6 Å². The van der Waals surface area contributed by atoms with Crippen LogP contribution in [0, 0.1) is 0 Å². The summed E-state index contributed by atoms with van der Waals surface area (Å²) in [5.41, 5.74) is 3.05. The molecular weight excluding hydrogens is 466 g/mol. The number of benzene rings is 2. The van der Waals surface area contributed by atoms with E-state index < -0.39 is 6.04 Å². The number of nitrogens with zero attached hydrogens (tertiary/aromatic N) is 1. The van der Waals surface area contributed by atoms with Crippen molar-refractivity contribution in [2.24, 2.45) is 0 Å². The molecule has 7 nitrogen and oxygen atoms in total. The standard InChI is InChI=1S/C30H35N3O4/c1-36-24-15-13-22(14-16-24)28(29(34)31-23-10-5-6-11-23)33(20-25-12-7-19-37-25)30(35)27-18-17-26(32-27)21-8-3-2-4-9-21/h2-4,8-9,13-18,23,25,28,32H,5-7,10-12,19-20H2,1H3,(H,31,34)/t25-,28-/m0/s1. The van der Waals surface area contributed by atoms with E-state index in [1.54, 1.807) is 18.1 Å². The summed E-state index contributed by atoms with van der Waals surface area (Å²) >= 11 is 0. The number of carbonyl (C=O) groups excluding carboxylic acids is 2. The number of ether oxygens (including phenoxy) is 2. The zero-order chi connectivity index (χ0) is 25.6. The van der Waals surface area contributed by atoms with Crippen molar-refractivity contribution < 1.29 is 19.1 Å². The molecule has 1 aliphatic carbocycles. The van der Waals surface area contributed by atoms with Gasteiger partial charge in [-0.1, -0.05) is 55.3 Å². The quantitative estimate of drug-likeness (QED) is 0.427. The van der Waals surface area contributed by atoms with Gasteiger partial charge in [0, 0.05) is 24.9 Å². The minimum Gasteiger partial charge on any atom is -0.497 e. The number of carbonyl (C=O) groups is 2. The minimum absolute atomic E-state index is 0.104. The van der Waals surface area contributed by atoms with Crippen molar-refractivity contribution in [3.05, 3.63) is 78.0 Å². The molecule has 2 heterocycles. The van der Waals surface area contributed by atoms with Crippen molar-refractivity contribution in [1.82, 2.24) is 15.2 Å². The predicted octanol–water partition coefficient (Wildman–Crippen LogP) is 5.11. The average molecular weight is 502 g/mol. The highest BCUT2D eigenvalue weighted by Crippen LogP contribution is 2.29. The molecule has 37 heavy (non-hydrogen) atoms. The molecule has 0 spiro atoms. The number of nitrogens with one attached hydrogen (secondary N) is 2. The van der Waals surface area contributed by atoms with Crippen LogP contribution in [0.25, 0.3) is 11.3 Å². The first-order valence-electron chi connectivity index (χ1n) is 13.2. The van der Waals surface area contributed by atoms with E-state index in [0.717, 1.165) is 55.3 Å². The topological polar surface area (TPSA) is 83.7 Å². The number of amides is 2. The van der Waals surface area contributed by atoms with E-state index in [9.17, 15) is 9.59 Å². The summed E-state index contributed by atoms with van der Waals surface area (Å²) < 4.78 is 11.3.